The molecular weight excluding hydrogens is 248 g/mol. The van der Waals surface area contributed by atoms with Gasteiger partial charge in [0.25, 0.3) is 0 Å². The van der Waals surface area contributed by atoms with E-state index in [0.717, 1.165) is 23.3 Å². The molecule has 0 aliphatic heterocycles. The van der Waals surface area contributed by atoms with Crippen molar-refractivity contribution >= 4 is 5.78 Å². The predicted octanol–water partition coefficient (Wildman–Crippen LogP) is 4.11. The molecule has 1 atom stereocenters. The number of hydrogen-bond acceptors (Lipinski definition) is 2. The molecule has 0 heterocycles. The lowest BCUT2D eigenvalue weighted by atomic mass is 9.78. The van der Waals surface area contributed by atoms with Crippen LogP contribution in [0.15, 0.2) is 42.5 Å². The van der Waals surface area contributed by atoms with Gasteiger partial charge < -0.3 is 4.74 Å². The highest BCUT2D eigenvalue weighted by atomic mass is 16.5. The Morgan fingerprint density at radius 3 is 2.75 bits per heavy atom. The molecule has 2 aromatic carbocycles. The van der Waals surface area contributed by atoms with Crippen molar-refractivity contribution in [3.8, 4) is 5.75 Å². The van der Waals surface area contributed by atoms with Gasteiger partial charge in [-0.15, -0.1) is 0 Å². The number of methoxy groups -OCH3 is 1. The third kappa shape index (κ3) is 2.22. The van der Waals surface area contributed by atoms with Crippen molar-refractivity contribution in [2.75, 3.05) is 7.11 Å². The second-order valence-electron chi connectivity index (χ2n) is 5.38. The summed E-state index contributed by atoms with van der Waals surface area (Å²) in [6.07, 6.45) is 1.50. The van der Waals surface area contributed by atoms with Gasteiger partial charge in [-0.1, -0.05) is 29.8 Å². The first-order valence-corrected chi connectivity index (χ1v) is 6.97. The maximum absolute atomic E-state index is 12.1. The van der Waals surface area contributed by atoms with Crippen LogP contribution in [0.2, 0.25) is 0 Å². The summed E-state index contributed by atoms with van der Waals surface area (Å²) >= 11 is 0. The van der Waals surface area contributed by atoms with Crippen LogP contribution in [-0.4, -0.2) is 12.9 Å². The number of aryl methyl sites for hydroxylation is 1. The van der Waals surface area contributed by atoms with E-state index in [0.29, 0.717) is 6.42 Å². The number of rotatable bonds is 2. The number of hydrogen-bond donors (Lipinski definition) is 0. The van der Waals surface area contributed by atoms with Crippen molar-refractivity contribution in [3.63, 3.8) is 0 Å². The van der Waals surface area contributed by atoms with E-state index in [1.54, 1.807) is 7.11 Å². The number of carbonyl (C=O) groups is 1. The Kier molecular flexibility index (Phi) is 3.31. The minimum absolute atomic E-state index is 0.242. The van der Waals surface area contributed by atoms with Crippen molar-refractivity contribution in [2.24, 2.45) is 0 Å². The molecule has 1 aliphatic carbocycles. The Balaban J connectivity index is 2.11. The van der Waals surface area contributed by atoms with Gasteiger partial charge in [-0.3, -0.25) is 4.79 Å². The van der Waals surface area contributed by atoms with Crippen LogP contribution >= 0.6 is 0 Å². The predicted molar refractivity (Wildman–Crippen MR) is 79.6 cm³/mol. The molecule has 0 radical (unpaired) electrons. The second kappa shape index (κ2) is 5.12. The van der Waals surface area contributed by atoms with Crippen molar-refractivity contribution in [2.45, 2.75) is 25.7 Å². The number of ketones is 1. The lowest BCUT2D eigenvalue weighted by molar-refractivity contribution is 0.0969. The first kappa shape index (κ1) is 12.9. The molecule has 0 saturated carbocycles. The topological polar surface area (TPSA) is 26.3 Å². The van der Waals surface area contributed by atoms with Crippen LogP contribution in [0.25, 0.3) is 0 Å². The van der Waals surface area contributed by atoms with Crippen LogP contribution in [0.1, 0.15) is 45.8 Å². The zero-order valence-corrected chi connectivity index (χ0v) is 11.8. The SMILES string of the molecule is COc1ccc2c(c1)C(c1cccc(C)c1)CCC2=O. The number of fused-ring (bicyclic) bond motifs is 1. The van der Waals surface area contributed by atoms with E-state index in [1.165, 1.54) is 11.1 Å². The highest BCUT2D eigenvalue weighted by molar-refractivity contribution is 5.99. The van der Waals surface area contributed by atoms with Crippen LogP contribution in [-0.2, 0) is 0 Å². The van der Waals surface area contributed by atoms with Gasteiger partial charge in [0.15, 0.2) is 5.78 Å². The van der Waals surface area contributed by atoms with Crippen LogP contribution in [0.3, 0.4) is 0 Å². The lowest BCUT2D eigenvalue weighted by Gasteiger charge is -2.25. The summed E-state index contributed by atoms with van der Waals surface area (Å²) in [5, 5.41) is 0. The van der Waals surface area contributed by atoms with Gasteiger partial charge in [-0.05, 0) is 42.7 Å². The molecular formula is C18H18O2. The molecule has 2 aromatic rings. The standard InChI is InChI=1S/C18H18O2/c1-12-4-3-5-13(10-12)15-8-9-18(19)16-7-6-14(20-2)11-17(15)16/h3-7,10-11,15H,8-9H2,1-2H3. The molecule has 0 saturated heterocycles. The zero-order valence-electron chi connectivity index (χ0n) is 11.8. The highest BCUT2D eigenvalue weighted by Gasteiger charge is 2.27. The average Bonchev–Trinajstić information content (AvgIpc) is 2.47. The van der Waals surface area contributed by atoms with Crippen molar-refractivity contribution in [3.05, 3.63) is 64.7 Å². The van der Waals surface area contributed by atoms with E-state index in [4.69, 9.17) is 4.74 Å². The molecule has 20 heavy (non-hydrogen) atoms. The number of ether oxygens (including phenoxy) is 1. The summed E-state index contributed by atoms with van der Waals surface area (Å²) < 4.78 is 5.31. The van der Waals surface area contributed by atoms with E-state index in [9.17, 15) is 4.79 Å². The van der Waals surface area contributed by atoms with Gasteiger partial charge >= 0.3 is 0 Å². The van der Waals surface area contributed by atoms with E-state index in [2.05, 4.69) is 31.2 Å². The van der Waals surface area contributed by atoms with E-state index in [1.807, 2.05) is 18.2 Å². The smallest absolute Gasteiger partial charge is 0.163 e. The molecule has 0 fully saturated rings. The Hall–Kier alpha value is -2.09. The Morgan fingerprint density at radius 2 is 2.00 bits per heavy atom. The summed E-state index contributed by atoms with van der Waals surface area (Å²) in [4.78, 5) is 12.1. The summed E-state index contributed by atoms with van der Waals surface area (Å²) in [6, 6.07) is 14.3. The van der Waals surface area contributed by atoms with E-state index < -0.39 is 0 Å². The van der Waals surface area contributed by atoms with Gasteiger partial charge in [0.05, 0.1) is 7.11 Å². The molecule has 1 unspecified atom stereocenters. The molecule has 0 N–H and O–H groups in total. The zero-order chi connectivity index (χ0) is 14.1. The van der Waals surface area contributed by atoms with Gasteiger partial charge in [-0.25, -0.2) is 0 Å². The van der Waals surface area contributed by atoms with Crippen LogP contribution < -0.4 is 4.74 Å². The van der Waals surface area contributed by atoms with Gasteiger partial charge in [0, 0.05) is 17.9 Å². The van der Waals surface area contributed by atoms with Crippen molar-refractivity contribution in [1.29, 1.82) is 0 Å². The molecule has 0 bridgehead atoms. The molecule has 1 aliphatic rings. The quantitative estimate of drug-likeness (QED) is 0.817. The van der Waals surface area contributed by atoms with Crippen LogP contribution in [0.4, 0.5) is 0 Å². The number of Topliss-reactive ketones (excluding diaryl/α,β-unsaturated/α-hetero) is 1. The average molecular weight is 266 g/mol. The maximum Gasteiger partial charge on any atom is 0.163 e. The molecule has 0 spiro atoms. The summed E-state index contributed by atoms with van der Waals surface area (Å²) in [5.41, 5.74) is 4.49. The molecule has 2 nitrogen and oxygen atoms in total. The highest BCUT2D eigenvalue weighted by Crippen LogP contribution is 2.38. The minimum Gasteiger partial charge on any atom is -0.497 e. The van der Waals surface area contributed by atoms with Crippen molar-refractivity contribution in [1.82, 2.24) is 0 Å². The Morgan fingerprint density at radius 1 is 1.15 bits per heavy atom. The van der Waals surface area contributed by atoms with E-state index in [-0.39, 0.29) is 11.7 Å². The largest absolute Gasteiger partial charge is 0.497 e. The normalized spacial score (nSPS) is 17.7. The third-order valence-corrected chi connectivity index (χ3v) is 4.04. The fourth-order valence-corrected chi connectivity index (χ4v) is 3.01. The summed E-state index contributed by atoms with van der Waals surface area (Å²) in [6.45, 7) is 2.10. The number of carbonyl (C=O) groups excluding carboxylic acids is 1. The van der Waals surface area contributed by atoms with Gasteiger partial charge in [-0.2, -0.15) is 0 Å². The fourth-order valence-electron chi connectivity index (χ4n) is 3.01. The minimum atomic E-state index is 0.242. The Labute approximate surface area is 119 Å². The van der Waals surface area contributed by atoms with Crippen LogP contribution in [0, 0.1) is 6.92 Å². The fraction of sp³-hybridized carbons (Fsp3) is 0.278. The molecule has 3 rings (SSSR count). The van der Waals surface area contributed by atoms with Gasteiger partial charge in [0.1, 0.15) is 5.75 Å². The Bertz CT molecular complexity index is 658. The summed E-state index contributed by atoms with van der Waals surface area (Å²) in [5.74, 6) is 1.35. The number of benzene rings is 2. The summed E-state index contributed by atoms with van der Waals surface area (Å²) in [7, 11) is 1.66. The lowest BCUT2D eigenvalue weighted by Crippen LogP contribution is -2.16. The first-order chi connectivity index (χ1) is 9.69. The molecule has 2 heteroatoms. The second-order valence-corrected chi connectivity index (χ2v) is 5.38. The van der Waals surface area contributed by atoms with Crippen LogP contribution in [0.5, 0.6) is 5.75 Å². The van der Waals surface area contributed by atoms with Crippen molar-refractivity contribution < 1.29 is 9.53 Å². The van der Waals surface area contributed by atoms with E-state index >= 15 is 0 Å². The molecule has 0 amide bonds. The monoisotopic (exact) mass is 266 g/mol. The molecule has 102 valence electrons. The maximum atomic E-state index is 12.1. The van der Waals surface area contributed by atoms with Gasteiger partial charge in [0.2, 0.25) is 0 Å². The first-order valence-electron chi connectivity index (χ1n) is 6.97. The third-order valence-electron chi connectivity index (χ3n) is 4.04. The molecule has 0 aromatic heterocycles.